The average molecular weight is 239 g/mol. The van der Waals surface area contributed by atoms with Gasteiger partial charge < -0.3 is 5.32 Å². The summed E-state index contributed by atoms with van der Waals surface area (Å²) >= 11 is 0. The summed E-state index contributed by atoms with van der Waals surface area (Å²) in [4.78, 5) is 0. The van der Waals surface area contributed by atoms with Crippen LogP contribution in [0.3, 0.4) is 0 Å². The van der Waals surface area contributed by atoms with Crippen LogP contribution in [0.4, 0.5) is 8.78 Å². The highest BCUT2D eigenvalue weighted by atomic mass is 19.2. The van der Waals surface area contributed by atoms with Crippen LogP contribution in [0.1, 0.15) is 38.2 Å². The van der Waals surface area contributed by atoms with E-state index in [1.54, 1.807) is 6.07 Å². The molecule has 0 spiro atoms. The molecule has 0 aromatic heterocycles. The Morgan fingerprint density at radius 2 is 1.94 bits per heavy atom. The fourth-order valence-corrected chi connectivity index (χ4v) is 2.55. The summed E-state index contributed by atoms with van der Waals surface area (Å²) < 4.78 is 25.7. The Bertz CT molecular complexity index is 372. The van der Waals surface area contributed by atoms with E-state index in [1.165, 1.54) is 37.8 Å². The molecule has 1 aromatic rings. The minimum Gasteiger partial charge on any atom is -0.310 e. The standard InChI is InChI=1S/C14H19F2N/c1-10(12-4-2-3-5-12)17-9-11-6-7-13(15)14(16)8-11/h6-8,10,12,17H,2-5,9H2,1H3. The third-order valence-corrected chi connectivity index (χ3v) is 3.72. The summed E-state index contributed by atoms with van der Waals surface area (Å²) in [7, 11) is 0. The van der Waals surface area contributed by atoms with Crippen molar-refractivity contribution in [1.29, 1.82) is 0 Å². The Labute approximate surface area is 101 Å². The van der Waals surface area contributed by atoms with Crippen molar-refractivity contribution in [3.8, 4) is 0 Å². The van der Waals surface area contributed by atoms with Crippen molar-refractivity contribution < 1.29 is 8.78 Å². The fourth-order valence-electron chi connectivity index (χ4n) is 2.55. The topological polar surface area (TPSA) is 12.0 Å². The smallest absolute Gasteiger partial charge is 0.159 e. The number of hydrogen-bond donors (Lipinski definition) is 1. The van der Waals surface area contributed by atoms with Gasteiger partial charge in [-0.3, -0.25) is 0 Å². The molecule has 1 N–H and O–H groups in total. The Morgan fingerprint density at radius 1 is 1.24 bits per heavy atom. The third kappa shape index (κ3) is 3.25. The van der Waals surface area contributed by atoms with E-state index in [2.05, 4.69) is 12.2 Å². The van der Waals surface area contributed by atoms with E-state index in [4.69, 9.17) is 0 Å². The normalized spacial score (nSPS) is 18.5. The van der Waals surface area contributed by atoms with Crippen LogP contribution < -0.4 is 5.32 Å². The molecule has 17 heavy (non-hydrogen) atoms. The molecular formula is C14H19F2N. The Morgan fingerprint density at radius 3 is 2.59 bits per heavy atom. The SMILES string of the molecule is CC(NCc1ccc(F)c(F)c1)C1CCCC1. The van der Waals surface area contributed by atoms with Crippen LogP contribution in [-0.4, -0.2) is 6.04 Å². The molecular weight excluding hydrogens is 220 g/mol. The lowest BCUT2D eigenvalue weighted by molar-refractivity contribution is 0.380. The van der Waals surface area contributed by atoms with Crippen LogP contribution in [0.15, 0.2) is 18.2 Å². The molecule has 1 fully saturated rings. The molecule has 1 unspecified atom stereocenters. The molecule has 1 nitrogen and oxygen atoms in total. The first-order valence-corrected chi connectivity index (χ1v) is 6.34. The minimum atomic E-state index is -0.780. The first-order chi connectivity index (χ1) is 8.16. The van der Waals surface area contributed by atoms with E-state index in [0.29, 0.717) is 12.6 Å². The van der Waals surface area contributed by atoms with Gasteiger partial charge in [-0.1, -0.05) is 18.9 Å². The van der Waals surface area contributed by atoms with Crippen molar-refractivity contribution >= 4 is 0 Å². The van der Waals surface area contributed by atoms with Crippen LogP contribution in [0.2, 0.25) is 0 Å². The number of hydrogen-bond acceptors (Lipinski definition) is 1. The van der Waals surface area contributed by atoms with Gasteiger partial charge in [0.05, 0.1) is 0 Å². The van der Waals surface area contributed by atoms with Gasteiger partial charge in [-0.25, -0.2) is 8.78 Å². The molecule has 0 radical (unpaired) electrons. The molecule has 2 rings (SSSR count). The Hall–Kier alpha value is -0.960. The number of halogens is 2. The van der Waals surface area contributed by atoms with Gasteiger partial charge in [0.1, 0.15) is 0 Å². The van der Waals surface area contributed by atoms with Crippen molar-refractivity contribution in [2.75, 3.05) is 0 Å². The molecule has 1 saturated carbocycles. The van der Waals surface area contributed by atoms with E-state index in [9.17, 15) is 8.78 Å². The first kappa shape index (κ1) is 12.5. The average Bonchev–Trinajstić information content (AvgIpc) is 2.84. The van der Waals surface area contributed by atoms with E-state index in [0.717, 1.165) is 11.5 Å². The molecule has 1 aliphatic carbocycles. The van der Waals surface area contributed by atoms with Crippen LogP contribution in [0.5, 0.6) is 0 Å². The number of benzene rings is 1. The highest BCUT2D eigenvalue weighted by Crippen LogP contribution is 2.27. The largest absolute Gasteiger partial charge is 0.310 e. The van der Waals surface area contributed by atoms with Crippen LogP contribution in [0, 0.1) is 17.6 Å². The number of nitrogens with one attached hydrogen (secondary N) is 1. The maximum atomic E-state index is 13.0. The molecule has 1 aliphatic rings. The maximum absolute atomic E-state index is 13.0. The Kier molecular flexibility index (Phi) is 4.11. The number of rotatable bonds is 4. The summed E-state index contributed by atoms with van der Waals surface area (Å²) in [6.45, 7) is 2.78. The summed E-state index contributed by atoms with van der Waals surface area (Å²) in [5, 5.41) is 3.40. The summed E-state index contributed by atoms with van der Waals surface area (Å²) in [6, 6.07) is 4.54. The van der Waals surface area contributed by atoms with Gasteiger partial charge in [-0.05, 0) is 43.4 Å². The van der Waals surface area contributed by atoms with Gasteiger partial charge in [0.25, 0.3) is 0 Å². The van der Waals surface area contributed by atoms with Crippen molar-refractivity contribution in [2.24, 2.45) is 5.92 Å². The summed E-state index contributed by atoms with van der Waals surface area (Å²) in [5.41, 5.74) is 0.800. The molecule has 0 bridgehead atoms. The lowest BCUT2D eigenvalue weighted by Crippen LogP contribution is -2.31. The lowest BCUT2D eigenvalue weighted by atomic mass is 9.99. The van der Waals surface area contributed by atoms with E-state index >= 15 is 0 Å². The van der Waals surface area contributed by atoms with E-state index in [1.807, 2.05) is 0 Å². The molecule has 94 valence electrons. The first-order valence-electron chi connectivity index (χ1n) is 6.34. The van der Waals surface area contributed by atoms with Gasteiger partial charge >= 0.3 is 0 Å². The van der Waals surface area contributed by atoms with E-state index < -0.39 is 11.6 Å². The molecule has 1 aromatic carbocycles. The van der Waals surface area contributed by atoms with Gasteiger partial charge in [-0.15, -0.1) is 0 Å². The predicted octanol–water partition coefficient (Wildman–Crippen LogP) is 3.63. The zero-order valence-corrected chi connectivity index (χ0v) is 10.2. The van der Waals surface area contributed by atoms with Crippen molar-refractivity contribution in [2.45, 2.75) is 45.2 Å². The van der Waals surface area contributed by atoms with Gasteiger partial charge in [0, 0.05) is 12.6 Å². The molecule has 0 amide bonds. The van der Waals surface area contributed by atoms with Crippen molar-refractivity contribution in [1.82, 2.24) is 5.32 Å². The molecule has 0 heterocycles. The molecule has 3 heteroatoms. The van der Waals surface area contributed by atoms with Crippen molar-refractivity contribution in [3.05, 3.63) is 35.4 Å². The van der Waals surface area contributed by atoms with E-state index in [-0.39, 0.29) is 0 Å². The summed E-state index contributed by atoms with van der Waals surface area (Å²) in [5.74, 6) is -0.810. The third-order valence-electron chi connectivity index (χ3n) is 3.72. The quantitative estimate of drug-likeness (QED) is 0.846. The van der Waals surface area contributed by atoms with Crippen molar-refractivity contribution in [3.63, 3.8) is 0 Å². The van der Waals surface area contributed by atoms with Gasteiger partial charge in [0.15, 0.2) is 11.6 Å². The highest BCUT2D eigenvalue weighted by Gasteiger charge is 2.20. The maximum Gasteiger partial charge on any atom is 0.159 e. The molecule has 0 aliphatic heterocycles. The lowest BCUT2D eigenvalue weighted by Gasteiger charge is -2.20. The van der Waals surface area contributed by atoms with Crippen LogP contribution >= 0.6 is 0 Å². The minimum absolute atomic E-state index is 0.450. The predicted molar refractivity (Wildman–Crippen MR) is 64.6 cm³/mol. The second-order valence-corrected chi connectivity index (χ2v) is 4.96. The van der Waals surface area contributed by atoms with Crippen LogP contribution in [0.25, 0.3) is 0 Å². The molecule has 0 saturated heterocycles. The Balaban J connectivity index is 1.86. The zero-order chi connectivity index (χ0) is 12.3. The zero-order valence-electron chi connectivity index (χ0n) is 10.2. The van der Waals surface area contributed by atoms with Gasteiger partial charge in [-0.2, -0.15) is 0 Å². The summed E-state index contributed by atoms with van der Waals surface area (Å²) in [6.07, 6.45) is 5.21. The van der Waals surface area contributed by atoms with Crippen LogP contribution in [-0.2, 0) is 6.54 Å². The molecule has 1 atom stereocenters. The second kappa shape index (κ2) is 5.58. The second-order valence-electron chi connectivity index (χ2n) is 4.96. The monoisotopic (exact) mass is 239 g/mol. The van der Waals surface area contributed by atoms with Gasteiger partial charge in [0.2, 0.25) is 0 Å². The fraction of sp³-hybridized carbons (Fsp3) is 0.571. The highest BCUT2D eigenvalue weighted by molar-refractivity contribution is 5.17.